The second kappa shape index (κ2) is 5.25. The Balaban J connectivity index is 1.69. The summed E-state index contributed by atoms with van der Waals surface area (Å²) in [7, 11) is 0. The smallest absolute Gasteiger partial charge is 0.0255 e. The Bertz CT molecular complexity index is 242. The Morgan fingerprint density at radius 2 is 2.06 bits per heavy atom. The first kappa shape index (κ1) is 11.9. The van der Waals surface area contributed by atoms with Gasteiger partial charge in [-0.2, -0.15) is 0 Å². The molecule has 0 aromatic carbocycles. The molecular weight excluding hydrogens is 210 g/mol. The molecule has 4 aliphatic rings. The standard InChI is InChI=1S/C14H27N3/c1-2-7-17(13-3-6-15-10-13)14-11-16-8-4-12(14)5-9-16/h12-15H,2-11H2,1H3. The van der Waals surface area contributed by atoms with Gasteiger partial charge in [0, 0.05) is 25.2 Å². The molecule has 0 aliphatic carbocycles. The van der Waals surface area contributed by atoms with Crippen LogP contribution in [0.15, 0.2) is 0 Å². The zero-order chi connectivity index (χ0) is 11.7. The molecule has 0 aromatic heterocycles. The fraction of sp³-hybridized carbons (Fsp3) is 1.00. The largest absolute Gasteiger partial charge is 0.315 e. The molecule has 0 amide bonds. The van der Waals surface area contributed by atoms with E-state index < -0.39 is 0 Å². The number of fused-ring (bicyclic) bond motifs is 3. The lowest BCUT2D eigenvalue weighted by molar-refractivity contribution is -0.0112. The van der Waals surface area contributed by atoms with E-state index >= 15 is 0 Å². The van der Waals surface area contributed by atoms with E-state index in [-0.39, 0.29) is 0 Å². The Morgan fingerprint density at radius 1 is 1.24 bits per heavy atom. The van der Waals surface area contributed by atoms with Crippen molar-refractivity contribution in [2.75, 3.05) is 39.3 Å². The van der Waals surface area contributed by atoms with Gasteiger partial charge in [-0.05, 0) is 57.8 Å². The Morgan fingerprint density at radius 3 is 2.59 bits per heavy atom. The Hall–Kier alpha value is -0.120. The molecule has 17 heavy (non-hydrogen) atoms. The number of rotatable bonds is 4. The number of hydrogen-bond donors (Lipinski definition) is 1. The summed E-state index contributed by atoms with van der Waals surface area (Å²) < 4.78 is 0. The molecular formula is C14H27N3. The monoisotopic (exact) mass is 237 g/mol. The van der Waals surface area contributed by atoms with Crippen molar-refractivity contribution >= 4 is 0 Å². The topological polar surface area (TPSA) is 18.5 Å². The quantitative estimate of drug-likeness (QED) is 0.791. The van der Waals surface area contributed by atoms with Crippen LogP contribution < -0.4 is 5.32 Å². The van der Waals surface area contributed by atoms with Crippen LogP contribution in [0.4, 0.5) is 0 Å². The van der Waals surface area contributed by atoms with Gasteiger partial charge in [0.1, 0.15) is 0 Å². The molecule has 0 aromatic rings. The summed E-state index contributed by atoms with van der Waals surface area (Å²) in [5, 5.41) is 3.54. The Labute approximate surface area is 106 Å². The second-order valence-corrected chi connectivity index (χ2v) is 6.09. The lowest BCUT2D eigenvalue weighted by Gasteiger charge is -2.50. The van der Waals surface area contributed by atoms with E-state index in [0.717, 1.165) is 18.0 Å². The van der Waals surface area contributed by atoms with E-state index in [9.17, 15) is 0 Å². The normalized spacial score (nSPS) is 41.3. The maximum atomic E-state index is 3.54. The third kappa shape index (κ3) is 2.38. The predicted molar refractivity (Wildman–Crippen MR) is 71.2 cm³/mol. The fourth-order valence-corrected chi connectivity index (χ4v) is 4.11. The average molecular weight is 237 g/mol. The number of nitrogens with one attached hydrogen (secondary N) is 1. The third-order valence-corrected chi connectivity index (χ3v) is 5.03. The van der Waals surface area contributed by atoms with Crippen LogP contribution in [0.3, 0.4) is 0 Å². The maximum Gasteiger partial charge on any atom is 0.0255 e. The van der Waals surface area contributed by atoms with Crippen molar-refractivity contribution in [3.63, 3.8) is 0 Å². The van der Waals surface area contributed by atoms with Crippen LogP contribution in [0.25, 0.3) is 0 Å². The lowest BCUT2D eigenvalue weighted by Crippen LogP contribution is -2.60. The molecule has 2 atom stereocenters. The van der Waals surface area contributed by atoms with Gasteiger partial charge >= 0.3 is 0 Å². The summed E-state index contributed by atoms with van der Waals surface area (Å²) in [5.74, 6) is 0.993. The minimum Gasteiger partial charge on any atom is -0.315 e. The number of nitrogens with zero attached hydrogens (tertiary/aromatic N) is 2. The van der Waals surface area contributed by atoms with E-state index in [1.165, 1.54) is 65.0 Å². The van der Waals surface area contributed by atoms with Crippen LogP contribution in [0.5, 0.6) is 0 Å². The molecule has 4 saturated heterocycles. The van der Waals surface area contributed by atoms with Crippen molar-refractivity contribution in [3.8, 4) is 0 Å². The molecule has 3 nitrogen and oxygen atoms in total. The predicted octanol–water partition coefficient (Wildman–Crippen LogP) is 1.15. The van der Waals surface area contributed by atoms with Gasteiger partial charge in [0.15, 0.2) is 0 Å². The van der Waals surface area contributed by atoms with E-state index in [4.69, 9.17) is 0 Å². The first-order valence-electron chi connectivity index (χ1n) is 7.57. The summed E-state index contributed by atoms with van der Waals surface area (Å²) in [6.45, 7) is 10.2. The van der Waals surface area contributed by atoms with Gasteiger partial charge < -0.3 is 10.2 Å². The van der Waals surface area contributed by atoms with Gasteiger partial charge in [-0.3, -0.25) is 4.90 Å². The highest BCUT2D eigenvalue weighted by molar-refractivity contribution is 4.95. The van der Waals surface area contributed by atoms with Crippen molar-refractivity contribution in [1.29, 1.82) is 0 Å². The molecule has 4 aliphatic heterocycles. The highest BCUT2D eigenvalue weighted by Crippen LogP contribution is 2.32. The van der Waals surface area contributed by atoms with Gasteiger partial charge in [-0.15, -0.1) is 0 Å². The van der Waals surface area contributed by atoms with Crippen molar-refractivity contribution in [2.24, 2.45) is 5.92 Å². The van der Waals surface area contributed by atoms with E-state index in [1.54, 1.807) is 0 Å². The summed E-state index contributed by atoms with van der Waals surface area (Å²) in [6.07, 6.45) is 5.57. The van der Waals surface area contributed by atoms with Crippen LogP contribution in [0.1, 0.15) is 32.6 Å². The van der Waals surface area contributed by atoms with E-state index in [2.05, 4.69) is 22.0 Å². The molecule has 4 fully saturated rings. The fourth-order valence-electron chi connectivity index (χ4n) is 4.11. The highest BCUT2D eigenvalue weighted by Gasteiger charge is 2.39. The zero-order valence-corrected chi connectivity index (χ0v) is 11.2. The summed E-state index contributed by atoms with van der Waals surface area (Å²) in [5.41, 5.74) is 0. The molecule has 98 valence electrons. The van der Waals surface area contributed by atoms with Crippen molar-refractivity contribution < 1.29 is 0 Å². The molecule has 0 spiro atoms. The number of hydrogen-bond acceptors (Lipinski definition) is 3. The average Bonchev–Trinajstić information content (AvgIpc) is 2.91. The van der Waals surface area contributed by atoms with E-state index in [1.807, 2.05) is 0 Å². The molecule has 3 heteroatoms. The van der Waals surface area contributed by atoms with Gasteiger partial charge in [0.25, 0.3) is 0 Å². The van der Waals surface area contributed by atoms with Gasteiger partial charge in [-0.25, -0.2) is 0 Å². The minimum absolute atomic E-state index is 0.820. The summed E-state index contributed by atoms with van der Waals surface area (Å²) in [6, 6.07) is 1.68. The summed E-state index contributed by atoms with van der Waals surface area (Å²) in [4.78, 5) is 5.55. The first-order valence-corrected chi connectivity index (χ1v) is 7.57. The van der Waals surface area contributed by atoms with Crippen molar-refractivity contribution in [3.05, 3.63) is 0 Å². The molecule has 1 N–H and O–H groups in total. The van der Waals surface area contributed by atoms with Crippen molar-refractivity contribution in [2.45, 2.75) is 44.7 Å². The molecule has 4 heterocycles. The molecule has 0 saturated carbocycles. The zero-order valence-electron chi connectivity index (χ0n) is 11.2. The molecule has 2 bridgehead atoms. The highest BCUT2D eigenvalue weighted by atomic mass is 15.3. The summed E-state index contributed by atoms with van der Waals surface area (Å²) >= 11 is 0. The van der Waals surface area contributed by atoms with Crippen LogP contribution in [-0.4, -0.2) is 61.2 Å². The number of piperidine rings is 3. The molecule has 4 rings (SSSR count). The van der Waals surface area contributed by atoms with Crippen LogP contribution in [0, 0.1) is 5.92 Å². The lowest BCUT2D eigenvalue weighted by atomic mass is 9.82. The van der Waals surface area contributed by atoms with Gasteiger partial charge in [-0.1, -0.05) is 6.92 Å². The van der Waals surface area contributed by atoms with Crippen LogP contribution in [0.2, 0.25) is 0 Å². The molecule has 2 unspecified atom stereocenters. The van der Waals surface area contributed by atoms with Gasteiger partial charge in [0.2, 0.25) is 0 Å². The van der Waals surface area contributed by atoms with Crippen LogP contribution >= 0.6 is 0 Å². The van der Waals surface area contributed by atoms with Gasteiger partial charge in [0.05, 0.1) is 0 Å². The maximum absolute atomic E-state index is 3.54. The Kier molecular flexibility index (Phi) is 3.69. The van der Waals surface area contributed by atoms with Crippen LogP contribution in [-0.2, 0) is 0 Å². The molecule has 0 radical (unpaired) electrons. The van der Waals surface area contributed by atoms with E-state index in [0.29, 0.717) is 0 Å². The van der Waals surface area contributed by atoms with Crippen molar-refractivity contribution in [1.82, 2.24) is 15.1 Å². The third-order valence-electron chi connectivity index (χ3n) is 5.03. The first-order chi connectivity index (χ1) is 8.38. The minimum atomic E-state index is 0.820. The second-order valence-electron chi connectivity index (χ2n) is 6.09. The SMILES string of the molecule is CCCN(C1CCNC1)C1CN2CCC1CC2.